The van der Waals surface area contributed by atoms with Crippen molar-refractivity contribution in [3.05, 3.63) is 84.9 Å². The molecular formula is C18H17ClNP. The molecule has 1 nitrogen and oxygen atoms in total. The summed E-state index contributed by atoms with van der Waals surface area (Å²) in [5.41, 5.74) is 6.78. The molecule has 2 N–H and O–H groups in total. The molecule has 0 aliphatic carbocycles. The molecule has 0 unspecified atom stereocenters. The van der Waals surface area contributed by atoms with Gasteiger partial charge in [0, 0.05) is 5.69 Å². The molecule has 21 heavy (non-hydrogen) atoms. The molecule has 0 atom stereocenters. The van der Waals surface area contributed by atoms with E-state index in [1.54, 1.807) is 0 Å². The van der Waals surface area contributed by atoms with Gasteiger partial charge in [0.05, 0.1) is 0 Å². The van der Waals surface area contributed by atoms with Crippen LogP contribution in [0.2, 0.25) is 0 Å². The Kier molecular flexibility index (Phi) is 5.38. The van der Waals surface area contributed by atoms with Crippen molar-refractivity contribution in [3.8, 4) is 0 Å². The van der Waals surface area contributed by atoms with Gasteiger partial charge in [0.15, 0.2) is 0 Å². The molecule has 3 heteroatoms. The smallest absolute Gasteiger partial charge is 0.0320 e. The zero-order valence-corrected chi connectivity index (χ0v) is 13.2. The van der Waals surface area contributed by atoms with E-state index in [2.05, 4.69) is 72.8 Å². The Hall–Kier alpha value is -1.82. The third-order valence-corrected chi connectivity index (χ3v) is 5.58. The Morgan fingerprint density at radius 1 is 0.571 bits per heavy atom. The van der Waals surface area contributed by atoms with Crippen LogP contribution >= 0.6 is 20.3 Å². The standard InChI is InChI=1S/C18H16NP.ClH/c19-15-8-7-13-18(14-15)20(16-9-3-1-4-10-16)17-11-5-2-6-12-17;/h1-14H,19H2;1H. The summed E-state index contributed by atoms with van der Waals surface area (Å²) < 4.78 is 0. The first-order valence-electron chi connectivity index (χ1n) is 6.60. The zero-order valence-electron chi connectivity index (χ0n) is 11.5. The average Bonchev–Trinajstić information content (AvgIpc) is 2.50. The van der Waals surface area contributed by atoms with Crippen molar-refractivity contribution in [2.24, 2.45) is 0 Å². The number of hydrogen-bond acceptors (Lipinski definition) is 1. The topological polar surface area (TPSA) is 26.0 Å². The Balaban J connectivity index is 0.00000161. The molecule has 0 spiro atoms. The summed E-state index contributed by atoms with van der Waals surface area (Å²) >= 11 is 0. The predicted octanol–water partition coefficient (Wildman–Crippen LogP) is 3.45. The number of rotatable bonds is 3. The summed E-state index contributed by atoms with van der Waals surface area (Å²) in [6.45, 7) is 0. The van der Waals surface area contributed by atoms with E-state index in [9.17, 15) is 0 Å². The van der Waals surface area contributed by atoms with Crippen LogP contribution in [0.15, 0.2) is 84.9 Å². The van der Waals surface area contributed by atoms with Crippen LogP contribution in [0.4, 0.5) is 5.69 Å². The maximum atomic E-state index is 5.96. The van der Waals surface area contributed by atoms with E-state index >= 15 is 0 Å². The van der Waals surface area contributed by atoms with Crippen molar-refractivity contribution in [1.29, 1.82) is 0 Å². The zero-order chi connectivity index (χ0) is 13.8. The molecule has 0 aliphatic rings. The van der Waals surface area contributed by atoms with Gasteiger partial charge in [-0.1, -0.05) is 72.8 Å². The summed E-state index contributed by atoms with van der Waals surface area (Å²) in [7, 11) is -0.542. The Labute approximate surface area is 133 Å². The van der Waals surface area contributed by atoms with Crippen molar-refractivity contribution in [2.45, 2.75) is 0 Å². The van der Waals surface area contributed by atoms with E-state index in [0.717, 1.165) is 5.69 Å². The van der Waals surface area contributed by atoms with Crippen LogP contribution in [0.5, 0.6) is 0 Å². The van der Waals surface area contributed by atoms with E-state index in [-0.39, 0.29) is 12.4 Å². The van der Waals surface area contributed by atoms with Crippen molar-refractivity contribution in [3.63, 3.8) is 0 Å². The molecule has 3 aromatic rings. The van der Waals surface area contributed by atoms with Crippen LogP contribution in [-0.2, 0) is 0 Å². The molecule has 0 saturated carbocycles. The number of halogens is 1. The van der Waals surface area contributed by atoms with E-state index in [1.807, 2.05) is 12.1 Å². The van der Waals surface area contributed by atoms with E-state index in [4.69, 9.17) is 5.73 Å². The van der Waals surface area contributed by atoms with Crippen LogP contribution in [0.1, 0.15) is 0 Å². The van der Waals surface area contributed by atoms with Gasteiger partial charge in [-0.15, -0.1) is 12.4 Å². The maximum Gasteiger partial charge on any atom is 0.0320 e. The Morgan fingerprint density at radius 3 is 1.52 bits per heavy atom. The number of benzene rings is 3. The van der Waals surface area contributed by atoms with Crippen LogP contribution in [0.3, 0.4) is 0 Å². The minimum absolute atomic E-state index is 0. The van der Waals surface area contributed by atoms with Crippen molar-refractivity contribution in [1.82, 2.24) is 0 Å². The second kappa shape index (κ2) is 7.26. The molecule has 0 fully saturated rings. The number of hydrogen-bond donors (Lipinski definition) is 1. The molecule has 0 bridgehead atoms. The van der Waals surface area contributed by atoms with Gasteiger partial charge in [0.2, 0.25) is 0 Å². The summed E-state index contributed by atoms with van der Waals surface area (Å²) in [5, 5.41) is 3.98. The number of nitrogen functional groups attached to an aromatic ring is 1. The van der Waals surface area contributed by atoms with E-state index in [1.165, 1.54) is 15.9 Å². The lowest BCUT2D eigenvalue weighted by Gasteiger charge is -2.19. The van der Waals surface area contributed by atoms with Gasteiger partial charge in [0.25, 0.3) is 0 Å². The van der Waals surface area contributed by atoms with E-state index in [0.29, 0.717) is 0 Å². The maximum absolute atomic E-state index is 5.96. The normalized spacial score (nSPS) is 10.1. The van der Waals surface area contributed by atoms with Gasteiger partial charge >= 0.3 is 0 Å². The van der Waals surface area contributed by atoms with Crippen molar-refractivity contribution in [2.75, 3.05) is 5.73 Å². The van der Waals surface area contributed by atoms with Crippen molar-refractivity contribution >= 4 is 41.9 Å². The van der Waals surface area contributed by atoms with Crippen LogP contribution in [0.25, 0.3) is 0 Å². The quantitative estimate of drug-likeness (QED) is 0.582. The predicted molar refractivity (Wildman–Crippen MR) is 96.8 cm³/mol. The summed E-state index contributed by atoms with van der Waals surface area (Å²) in [6.07, 6.45) is 0. The van der Waals surface area contributed by atoms with Crippen LogP contribution in [0, 0.1) is 0 Å². The minimum atomic E-state index is -0.542. The lowest BCUT2D eigenvalue weighted by Crippen LogP contribution is -2.20. The fourth-order valence-electron chi connectivity index (χ4n) is 2.27. The van der Waals surface area contributed by atoms with Gasteiger partial charge in [-0.25, -0.2) is 0 Å². The van der Waals surface area contributed by atoms with Gasteiger partial charge in [-0.3, -0.25) is 0 Å². The minimum Gasteiger partial charge on any atom is -0.399 e. The molecular weight excluding hydrogens is 297 g/mol. The molecule has 0 aromatic heterocycles. The van der Waals surface area contributed by atoms with Crippen molar-refractivity contribution < 1.29 is 0 Å². The molecule has 0 heterocycles. The van der Waals surface area contributed by atoms with Gasteiger partial charge in [-0.2, -0.15) is 0 Å². The molecule has 3 aromatic carbocycles. The lowest BCUT2D eigenvalue weighted by atomic mass is 10.3. The molecule has 0 radical (unpaired) electrons. The van der Waals surface area contributed by atoms with Gasteiger partial charge in [-0.05, 0) is 36.0 Å². The van der Waals surface area contributed by atoms with Gasteiger partial charge in [0.1, 0.15) is 0 Å². The first-order chi connectivity index (χ1) is 9.84. The highest BCUT2D eigenvalue weighted by atomic mass is 35.5. The lowest BCUT2D eigenvalue weighted by molar-refractivity contribution is 1.72. The fraction of sp³-hybridized carbons (Fsp3) is 0. The molecule has 0 aliphatic heterocycles. The average molecular weight is 314 g/mol. The summed E-state index contributed by atoms with van der Waals surface area (Å²) in [4.78, 5) is 0. The highest BCUT2D eigenvalue weighted by Gasteiger charge is 2.15. The first kappa shape index (κ1) is 15.6. The monoisotopic (exact) mass is 313 g/mol. The van der Waals surface area contributed by atoms with Crippen LogP contribution in [-0.4, -0.2) is 0 Å². The number of nitrogens with two attached hydrogens (primary N) is 1. The molecule has 106 valence electrons. The summed E-state index contributed by atoms with van der Waals surface area (Å²) in [6, 6.07) is 29.5. The second-order valence-electron chi connectivity index (χ2n) is 4.60. The van der Waals surface area contributed by atoms with E-state index < -0.39 is 7.92 Å². The highest BCUT2D eigenvalue weighted by molar-refractivity contribution is 7.79. The molecule has 3 rings (SSSR count). The SMILES string of the molecule is Cl.Nc1cccc(P(c2ccccc2)c2ccccc2)c1. The van der Waals surface area contributed by atoms with Crippen LogP contribution < -0.4 is 21.6 Å². The Morgan fingerprint density at radius 2 is 1.05 bits per heavy atom. The van der Waals surface area contributed by atoms with Gasteiger partial charge < -0.3 is 5.73 Å². The summed E-state index contributed by atoms with van der Waals surface area (Å²) in [5.74, 6) is 0. The number of anilines is 1. The third-order valence-electron chi connectivity index (χ3n) is 3.16. The highest BCUT2D eigenvalue weighted by Crippen LogP contribution is 2.32. The first-order valence-corrected chi connectivity index (χ1v) is 7.94. The third kappa shape index (κ3) is 3.64. The molecule has 0 amide bonds. The Bertz CT molecular complexity index is 646. The second-order valence-corrected chi connectivity index (χ2v) is 6.82. The fourth-order valence-corrected chi connectivity index (χ4v) is 4.61. The molecule has 0 saturated heterocycles. The largest absolute Gasteiger partial charge is 0.399 e.